The molecule has 1 amide bonds. The second-order valence-electron chi connectivity index (χ2n) is 5.53. The predicted octanol–water partition coefficient (Wildman–Crippen LogP) is 3.08. The zero-order valence-corrected chi connectivity index (χ0v) is 13.0. The van der Waals surface area contributed by atoms with E-state index in [0.29, 0.717) is 17.0 Å². The molecule has 1 aromatic carbocycles. The standard InChI is InChI=1S/C15H22FNO2S/c1-15(2,10-18)7-4-8-17-14(19)11-5-6-12(16)13(9-11)20-3/h5-6,9,18H,4,7-8,10H2,1-3H3,(H,17,19). The number of aliphatic hydroxyl groups excluding tert-OH is 1. The largest absolute Gasteiger partial charge is 0.396 e. The SMILES string of the molecule is CSc1cc(C(=O)NCCCC(C)(C)CO)ccc1F. The predicted molar refractivity (Wildman–Crippen MR) is 80.6 cm³/mol. The van der Waals surface area contributed by atoms with Gasteiger partial charge in [0.2, 0.25) is 0 Å². The summed E-state index contributed by atoms with van der Waals surface area (Å²) in [6.45, 7) is 4.66. The summed E-state index contributed by atoms with van der Waals surface area (Å²) < 4.78 is 13.3. The number of thioether (sulfide) groups is 1. The molecular weight excluding hydrogens is 277 g/mol. The van der Waals surface area contributed by atoms with Gasteiger partial charge in [-0.2, -0.15) is 0 Å². The van der Waals surface area contributed by atoms with Gasteiger partial charge in [0.05, 0.1) is 0 Å². The Morgan fingerprint density at radius 2 is 2.15 bits per heavy atom. The molecule has 112 valence electrons. The van der Waals surface area contributed by atoms with Gasteiger partial charge in [-0.1, -0.05) is 13.8 Å². The first kappa shape index (κ1) is 17.0. The normalized spacial score (nSPS) is 11.4. The van der Waals surface area contributed by atoms with Crippen molar-refractivity contribution in [1.29, 1.82) is 0 Å². The molecule has 0 bridgehead atoms. The average Bonchev–Trinajstić information content (AvgIpc) is 2.44. The van der Waals surface area contributed by atoms with Gasteiger partial charge in [0.25, 0.3) is 5.91 Å². The number of carbonyl (C=O) groups is 1. The molecule has 0 heterocycles. The molecule has 0 aliphatic heterocycles. The summed E-state index contributed by atoms with van der Waals surface area (Å²) >= 11 is 1.28. The second kappa shape index (κ2) is 7.64. The van der Waals surface area contributed by atoms with Crippen molar-refractivity contribution >= 4 is 17.7 Å². The highest BCUT2D eigenvalue weighted by atomic mass is 32.2. The van der Waals surface area contributed by atoms with Crippen LogP contribution in [0, 0.1) is 11.2 Å². The first-order chi connectivity index (χ1) is 9.39. The monoisotopic (exact) mass is 299 g/mol. The fourth-order valence-electron chi connectivity index (χ4n) is 1.75. The van der Waals surface area contributed by atoms with Gasteiger partial charge in [0, 0.05) is 23.6 Å². The van der Waals surface area contributed by atoms with Crippen molar-refractivity contribution in [2.24, 2.45) is 5.41 Å². The van der Waals surface area contributed by atoms with Crippen molar-refractivity contribution < 1.29 is 14.3 Å². The Morgan fingerprint density at radius 1 is 1.45 bits per heavy atom. The molecule has 1 aromatic rings. The molecule has 2 N–H and O–H groups in total. The molecule has 0 radical (unpaired) electrons. The Morgan fingerprint density at radius 3 is 2.75 bits per heavy atom. The van der Waals surface area contributed by atoms with Crippen LogP contribution in [-0.4, -0.2) is 30.4 Å². The zero-order chi connectivity index (χ0) is 15.2. The molecule has 20 heavy (non-hydrogen) atoms. The Bertz CT molecular complexity index is 463. The van der Waals surface area contributed by atoms with Crippen LogP contribution in [0.3, 0.4) is 0 Å². The minimum Gasteiger partial charge on any atom is -0.396 e. The van der Waals surface area contributed by atoms with Crippen LogP contribution in [0.15, 0.2) is 23.1 Å². The van der Waals surface area contributed by atoms with Crippen LogP contribution in [0.5, 0.6) is 0 Å². The van der Waals surface area contributed by atoms with Gasteiger partial charge in [-0.15, -0.1) is 11.8 Å². The lowest BCUT2D eigenvalue weighted by molar-refractivity contribution is 0.0948. The lowest BCUT2D eigenvalue weighted by atomic mass is 9.89. The third-order valence-electron chi connectivity index (χ3n) is 3.16. The molecule has 0 aromatic heterocycles. The molecule has 0 fully saturated rings. The van der Waals surface area contributed by atoms with Crippen molar-refractivity contribution in [1.82, 2.24) is 5.32 Å². The number of rotatable bonds is 7. The van der Waals surface area contributed by atoms with Crippen molar-refractivity contribution in [3.05, 3.63) is 29.6 Å². The van der Waals surface area contributed by atoms with Gasteiger partial charge in [-0.05, 0) is 42.7 Å². The van der Waals surface area contributed by atoms with Gasteiger partial charge in [-0.3, -0.25) is 4.79 Å². The fourth-order valence-corrected chi connectivity index (χ4v) is 2.26. The van der Waals surface area contributed by atoms with Crippen LogP contribution >= 0.6 is 11.8 Å². The second-order valence-corrected chi connectivity index (χ2v) is 6.38. The molecule has 0 aliphatic rings. The first-order valence-electron chi connectivity index (χ1n) is 6.62. The number of nitrogens with one attached hydrogen (secondary N) is 1. The van der Waals surface area contributed by atoms with Gasteiger partial charge in [0.1, 0.15) is 5.82 Å². The van der Waals surface area contributed by atoms with E-state index in [4.69, 9.17) is 5.11 Å². The number of benzene rings is 1. The van der Waals surface area contributed by atoms with Crippen molar-refractivity contribution in [3.8, 4) is 0 Å². The topological polar surface area (TPSA) is 49.3 Å². The number of hydrogen-bond donors (Lipinski definition) is 2. The van der Waals surface area contributed by atoms with Crippen LogP contribution in [0.25, 0.3) is 0 Å². The number of hydrogen-bond acceptors (Lipinski definition) is 3. The van der Waals surface area contributed by atoms with Crippen molar-refractivity contribution in [2.75, 3.05) is 19.4 Å². The van der Waals surface area contributed by atoms with E-state index in [2.05, 4.69) is 5.32 Å². The molecule has 0 atom stereocenters. The molecule has 1 rings (SSSR count). The fraction of sp³-hybridized carbons (Fsp3) is 0.533. The lowest BCUT2D eigenvalue weighted by Gasteiger charge is -2.21. The van der Waals surface area contributed by atoms with E-state index < -0.39 is 0 Å². The maximum Gasteiger partial charge on any atom is 0.251 e. The number of amides is 1. The summed E-state index contributed by atoms with van der Waals surface area (Å²) in [5.74, 6) is -0.499. The Kier molecular flexibility index (Phi) is 6.49. The third-order valence-corrected chi connectivity index (χ3v) is 3.91. The summed E-state index contributed by atoms with van der Waals surface area (Å²) in [5, 5.41) is 12.0. The molecule has 5 heteroatoms. The van der Waals surface area contributed by atoms with E-state index in [0.717, 1.165) is 12.8 Å². The van der Waals surface area contributed by atoms with E-state index >= 15 is 0 Å². The molecule has 0 unspecified atom stereocenters. The van der Waals surface area contributed by atoms with E-state index in [1.165, 1.54) is 23.9 Å². The summed E-state index contributed by atoms with van der Waals surface area (Å²) in [5.41, 5.74) is 0.351. The summed E-state index contributed by atoms with van der Waals surface area (Å²) in [4.78, 5) is 12.4. The summed E-state index contributed by atoms with van der Waals surface area (Å²) in [6.07, 6.45) is 3.41. The number of aliphatic hydroxyl groups is 1. The highest BCUT2D eigenvalue weighted by molar-refractivity contribution is 7.98. The number of carbonyl (C=O) groups excluding carboxylic acids is 1. The smallest absolute Gasteiger partial charge is 0.251 e. The average molecular weight is 299 g/mol. The zero-order valence-electron chi connectivity index (χ0n) is 12.2. The quantitative estimate of drug-likeness (QED) is 0.601. The molecular formula is C15H22FNO2S. The van der Waals surface area contributed by atoms with E-state index in [-0.39, 0.29) is 23.7 Å². The van der Waals surface area contributed by atoms with Crippen LogP contribution in [0.4, 0.5) is 4.39 Å². The van der Waals surface area contributed by atoms with E-state index in [9.17, 15) is 9.18 Å². The lowest BCUT2D eigenvalue weighted by Crippen LogP contribution is -2.26. The van der Waals surface area contributed by atoms with Crippen molar-refractivity contribution in [2.45, 2.75) is 31.6 Å². The van der Waals surface area contributed by atoms with E-state index in [1.54, 1.807) is 12.3 Å². The Labute approximate surface area is 124 Å². The van der Waals surface area contributed by atoms with Crippen LogP contribution < -0.4 is 5.32 Å². The highest BCUT2D eigenvalue weighted by Gasteiger charge is 2.16. The molecule has 0 spiro atoms. The summed E-state index contributed by atoms with van der Waals surface area (Å²) in [6, 6.07) is 4.37. The van der Waals surface area contributed by atoms with Gasteiger partial charge in [-0.25, -0.2) is 4.39 Å². The van der Waals surface area contributed by atoms with Gasteiger partial charge < -0.3 is 10.4 Å². The maximum atomic E-state index is 13.3. The molecule has 0 saturated heterocycles. The first-order valence-corrected chi connectivity index (χ1v) is 7.85. The van der Waals surface area contributed by atoms with Crippen LogP contribution in [0.2, 0.25) is 0 Å². The molecule has 0 aliphatic carbocycles. The summed E-state index contributed by atoms with van der Waals surface area (Å²) in [7, 11) is 0. The van der Waals surface area contributed by atoms with Crippen LogP contribution in [-0.2, 0) is 0 Å². The minimum absolute atomic E-state index is 0.118. The third kappa shape index (κ3) is 5.13. The minimum atomic E-state index is -0.307. The Balaban J connectivity index is 2.47. The van der Waals surface area contributed by atoms with Gasteiger partial charge >= 0.3 is 0 Å². The van der Waals surface area contributed by atoms with Gasteiger partial charge in [0.15, 0.2) is 0 Å². The highest BCUT2D eigenvalue weighted by Crippen LogP contribution is 2.21. The molecule has 0 saturated carbocycles. The maximum absolute atomic E-state index is 13.3. The van der Waals surface area contributed by atoms with Crippen LogP contribution in [0.1, 0.15) is 37.0 Å². The molecule has 3 nitrogen and oxygen atoms in total. The van der Waals surface area contributed by atoms with Crippen molar-refractivity contribution in [3.63, 3.8) is 0 Å². The number of halogens is 1. The van der Waals surface area contributed by atoms with E-state index in [1.807, 2.05) is 13.8 Å². The Hall–Kier alpha value is -1.07.